The molecule has 0 aliphatic rings. The highest BCUT2D eigenvalue weighted by atomic mass is 16.5. The summed E-state index contributed by atoms with van der Waals surface area (Å²) in [5.74, 6) is -0.468. The maximum absolute atomic E-state index is 12.6. The summed E-state index contributed by atoms with van der Waals surface area (Å²) in [6.45, 7) is 1.89. The molecule has 0 aliphatic heterocycles. The molecule has 104 valence electrons. The number of hydrogen-bond acceptors (Lipinski definition) is 4. The number of carbonyl (C=O) groups is 1. The van der Waals surface area contributed by atoms with Crippen molar-refractivity contribution in [3.05, 3.63) is 63.9 Å². The van der Waals surface area contributed by atoms with E-state index in [1.807, 2.05) is 13.0 Å². The summed E-state index contributed by atoms with van der Waals surface area (Å²) >= 11 is 0. The molecule has 0 radical (unpaired) electrons. The Balaban J connectivity index is 2.63. The second-order valence-corrected chi connectivity index (χ2v) is 4.87. The summed E-state index contributed by atoms with van der Waals surface area (Å²) in [6.07, 6.45) is 1.65. The Kier molecular flexibility index (Phi) is 3.14. The molecule has 0 spiro atoms. The van der Waals surface area contributed by atoms with Gasteiger partial charge in [-0.15, -0.1) is 0 Å². The van der Waals surface area contributed by atoms with Crippen molar-refractivity contribution in [3.63, 3.8) is 0 Å². The van der Waals surface area contributed by atoms with Crippen molar-refractivity contribution in [1.82, 2.24) is 4.98 Å². The van der Waals surface area contributed by atoms with Crippen LogP contribution in [0.15, 0.2) is 47.4 Å². The van der Waals surface area contributed by atoms with E-state index in [4.69, 9.17) is 4.74 Å². The van der Waals surface area contributed by atoms with Crippen molar-refractivity contribution >= 4 is 27.6 Å². The molecule has 3 rings (SSSR count). The molecule has 0 saturated carbocycles. The lowest BCUT2D eigenvalue weighted by atomic mass is 10.1. The molecule has 3 aromatic rings. The van der Waals surface area contributed by atoms with Gasteiger partial charge in [-0.25, -0.2) is 4.79 Å². The standard InChI is InChI=1S/C17H13NO3/c1-10-7-11-8-14(17(20)21-2)12-5-3-4-6-13(12)16(19)15(11)18-9-10/h3-9H,1-2H3. The highest BCUT2D eigenvalue weighted by Gasteiger charge is 2.13. The van der Waals surface area contributed by atoms with Crippen LogP contribution in [0.25, 0.3) is 21.7 Å². The number of hydrogen-bond donors (Lipinski definition) is 0. The van der Waals surface area contributed by atoms with E-state index < -0.39 is 5.97 Å². The first-order valence-corrected chi connectivity index (χ1v) is 6.52. The summed E-state index contributed by atoms with van der Waals surface area (Å²) in [5.41, 5.74) is 1.46. The third-order valence-electron chi connectivity index (χ3n) is 3.44. The van der Waals surface area contributed by atoms with E-state index in [1.54, 1.807) is 36.5 Å². The minimum absolute atomic E-state index is 0.184. The Morgan fingerprint density at radius 2 is 1.86 bits per heavy atom. The van der Waals surface area contributed by atoms with Crippen LogP contribution in [-0.2, 0) is 4.74 Å². The van der Waals surface area contributed by atoms with E-state index in [1.165, 1.54) is 7.11 Å². The van der Waals surface area contributed by atoms with Gasteiger partial charge in [0.05, 0.1) is 12.7 Å². The Morgan fingerprint density at radius 3 is 2.57 bits per heavy atom. The monoisotopic (exact) mass is 279 g/mol. The van der Waals surface area contributed by atoms with Gasteiger partial charge in [0.15, 0.2) is 0 Å². The lowest BCUT2D eigenvalue weighted by Crippen LogP contribution is -2.02. The number of esters is 1. The average Bonchev–Trinajstić information content (AvgIpc) is 2.62. The molecule has 4 heteroatoms. The number of benzene rings is 1. The molecule has 1 aromatic heterocycles. The topological polar surface area (TPSA) is 56.3 Å². The van der Waals surface area contributed by atoms with Crippen molar-refractivity contribution in [2.24, 2.45) is 0 Å². The number of aryl methyl sites for hydroxylation is 1. The molecular weight excluding hydrogens is 266 g/mol. The molecule has 1 heterocycles. The highest BCUT2D eigenvalue weighted by Crippen LogP contribution is 2.20. The van der Waals surface area contributed by atoms with Gasteiger partial charge in [0.2, 0.25) is 5.43 Å². The zero-order valence-electron chi connectivity index (χ0n) is 11.7. The molecule has 0 fully saturated rings. The molecule has 2 aromatic carbocycles. The molecule has 0 aliphatic carbocycles. The fourth-order valence-electron chi connectivity index (χ4n) is 2.45. The van der Waals surface area contributed by atoms with Gasteiger partial charge >= 0.3 is 5.97 Å². The lowest BCUT2D eigenvalue weighted by molar-refractivity contribution is 0.0603. The molecule has 0 unspecified atom stereocenters. The van der Waals surface area contributed by atoms with Crippen molar-refractivity contribution in [1.29, 1.82) is 0 Å². The number of carbonyl (C=O) groups excluding carboxylic acids is 1. The van der Waals surface area contributed by atoms with Crippen LogP contribution in [0.2, 0.25) is 0 Å². The largest absolute Gasteiger partial charge is 0.465 e. The van der Waals surface area contributed by atoms with Crippen molar-refractivity contribution in [3.8, 4) is 0 Å². The van der Waals surface area contributed by atoms with Crippen LogP contribution >= 0.6 is 0 Å². The smallest absolute Gasteiger partial charge is 0.338 e. The normalized spacial score (nSPS) is 10.8. The Bertz CT molecular complexity index is 932. The van der Waals surface area contributed by atoms with Crippen molar-refractivity contribution in [2.75, 3.05) is 7.11 Å². The van der Waals surface area contributed by atoms with Crippen LogP contribution in [0.1, 0.15) is 15.9 Å². The molecule has 0 amide bonds. The van der Waals surface area contributed by atoms with Gasteiger partial charge < -0.3 is 4.74 Å². The van der Waals surface area contributed by atoms with Gasteiger partial charge in [0.25, 0.3) is 0 Å². The van der Waals surface area contributed by atoms with Gasteiger partial charge in [-0.1, -0.05) is 24.3 Å². The minimum Gasteiger partial charge on any atom is -0.465 e. The van der Waals surface area contributed by atoms with Gasteiger partial charge in [-0.3, -0.25) is 9.78 Å². The summed E-state index contributed by atoms with van der Waals surface area (Å²) < 4.78 is 4.84. The van der Waals surface area contributed by atoms with Crippen molar-refractivity contribution in [2.45, 2.75) is 6.92 Å². The number of pyridine rings is 1. The molecular formula is C17H13NO3. The van der Waals surface area contributed by atoms with E-state index in [2.05, 4.69) is 4.98 Å². The molecule has 0 N–H and O–H groups in total. The minimum atomic E-state index is -0.468. The lowest BCUT2D eigenvalue weighted by Gasteiger charge is -2.00. The molecule has 0 saturated heterocycles. The summed E-state index contributed by atoms with van der Waals surface area (Å²) in [4.78, 5) is 28.9. The SMILES string of the molecule is COC(=O)c1cc2cc(C)cnc2c(=O)c2ccccc12. The zero-order chi connectivity index (χ0) is 15.0. The third-order valence-corrected chi connectivity index (χ3v) is 3.44. The van der Waals surface area contributed by atoms with Crippen LogP contribution in [0.3, 0.4) is 0 Å². The maximum atomic E-state index is 12.6. The Labute approximate surface area is 121 Å². The first-order chi connectivity index (χ1) is 10.1. The van der Waals surface area contributed by atoms with Crippen molar-refractivity contribution < 1.29 is 9.53 Å². The first-order valence-electron chi connectivity index (χ1n) is 6.52. The van der Waals surface area contributed by atoms with Crippen LogP contribution in [-0.4, -0.2) is 18.1 Å². The van der Waals surface area contributed by atoms with E-state index in [-0.39, 0.29) is 5.43 Å². The van der Waals surface area contributed by atoms with Gasteiger partial charge in [0, 0.05) is 22.4 Å². The number of fused-ring (bicyclic) bond motifs is 2. The van der Waals surface area contributed by atoms with Crippen LogP contribution in [0.5, 0.6) is 0 Å². The maximum Gasteiger partial charge on any atom is 0.338 e. The summed E-state index contributed by atoms with van der Waals surface area (Å²) in [6, 6.07) is 10.5. The summed E-state index contributed by atoms with van der Waals surface area (Å²) in [7, 11) is 1.33. The fourth-order valence-corrected chi connectivity index (χ4v) is 2.45. The predicted molar refractivity (Wildman–Crippen MR) is 81.6 cm³/mol. The summed E-state index contributed by atoms with van der Waals surface area (Å²) in [5, 5.41) is 1.67. The average molecular weight is 279 g/mol. The Hall–Kier alpha value is -2.75. The predicted octanol–water partition coefficient (Wildman–Crippen LogP) is 2.84. The van der Waals surface area contributed by atoms with E-state index in [0.29, 0.717) is 27.2 Å². The highest BCUT2D eigenvalue weighted by molar-refractivity contribution is 6.07. The molecule has 0 atom stereocenters. The van der Waals surface area contributed by atoms with E-state index in [9.17, 15) is 9.59 Å². The van der Waals surface area contributed by atoms with Crippen LogP contribution in [0.4, 0.5) is 0 Å². The fraction of sp³-hybridized carbons (Fsp3) is 0.118. The quantitative estimate of drug-likeness (QED) is 0.643. The number of aromatic nitrogens is 1. The van der Waals surface area contributed by atoms with Crippen LogP contribution in [0, 0.1) is 6.92 Å². The number of ether oxygens (including phenoxy) is 1. The first kappa shape index (κ1) is 13.2. The third kappa shape index (κ3) is 2.14. The van der Waals surface area contributed by atoms with Gasteiger partial charge in [-0.05, 0) is 24.6 Å². The van der Waals surface area contributed by atoms with Gasteiger partial charge in [0.1, 0.15) is 5.52 Å². The number of rotatable bonds is 1. The Morgan fingerprint density at radius 1 is 1.14 bits per heavy atom. The molecule has 4 nitrogen and oxygen atoms in total. The molecule has 21 heavy (non-hydrogen) atoms. The van der Waals surface area contributed by atoms with E-state index >= 15 is 0 Å². The second-order valence-electron chi connectivity index (χ2n) is 4.87. The van der Waals surface area contributed by atoms with Gasteiger partial charge in [-0.2, -0.15) is 0 Å². The number of methoxy groups -OCH3 is 1. The molecule has 0 bridgehead atoms. The zero-order valence-corrected chi connectivity index (χ0v) is 11.7. The second kappa shape index (κ2) is 4.98. The van der Waals surface area contributed by atoms with E-state index in [0.717, 1.165) is 5.56 Å². The van der Waals surface area contributed by atoms with Crippen LogP contribution < -0.4 is 5.43 Å². The number of nitrogens with zero attached hydrogens (tertiary/aromatic N) is 1.